The molecule has 0 saturated carbocycles. The van der Waals surface area contributed by atoms with Crippen LogP contribution < -0.4 is 11.5 Å². The molecule has 0 aliphatic rings. The van der Waals surface area contributed by atoms with E-state index in [2.05, 4.69) is 0 Å². The topological polar surface area (TPSA) is 158 Å². The van der Waals surface area contributed by atoms with Crippen molar-refractivity contribution in [3.8, 4) is 0 Å². The number of benzene rings is 1. The summed E-state index contributed by atoms with van der Waals surface area (Å²) in [5.41, 5.74) is 10.0. The van der Waals surface area contributed by atoms with Gasteiger partial charge >= 0.3 is 12.1 Å². The second kappa shape index (κ2) is 13.3. The third kappa shape index (κ3) is 10.3. The first kappa shape index (κ1) is 30.5. The fraction of sp³-hybridized carbons (Fsp3) is 0.571. The van der Waals surface area contributed by atoms with E-state index in [1.807, 2.05) is 44.2 Å². The third-order valence-electron chi connectivity index (χ3n) is 4.82. The summed E-state index contributed by atoms with van der Waals surface area (Å²) in [7, 11) is -3.72. The van der Waals surface area contributed by atoms with Crippen molar-refractivity contribution in [2.75, 3.05) is 5.75 Å². The summed E-state index contributed by atoms with van der Waals surface area (Å²) >= 11 is 0. The van der Waals surface area contributed by atoms with Crippen LogP contribution in [0.3, 0.4) is 0 Å². The lowest BCUT2D eigenvalue weighted by Gasteiger charge is -2.27. The number of alkyl halides is 3. The molecule has 0 fully saturated rings. The molecule has 0 spiro atoms. The zero-order valence-corrected chi connectivity index (χ0v) is 19.4. The number of sulfone groups is 1. The second-order valence-corrected chi connectivity index (χ2v) is 9.83. The van der Waals surface area contributed by atoms with Gasteiger partial charge in [-0.2, -0.15) is 13.2 Å². The zero-order chi connectivity index (χ0) is 25.9. The van der Waals surface area contributed by atoms with Gasteiger partial charge in [-0.3, -0.25) is 9.59 Å². The highest BCUT2D eigenvalue weighted by Crippen LogP contribution is 2.21. The van der Waals surface area contributed by atoms with E-state index in [1.165, 1.54) is 0 Å². The number of rotatable bonds is 12. The van der Waals surface area contributed by atoms with Crippen LogP contribution >= 0.6 is 0 Å². The van der Waals surface area contributed by atoms with Gasteiger partial charge in [-0.15, -0.1) is 0 Å². The van der Waals surface area contributed by atoms with Gasteiger partial charge in [0.1, 0.15) is 0 Å². The lowest BCUT2D eigenvalue weighted by atomic mass is 9.92. The molecule has 0 saturated heterocycles. The van der Waals surface area contributed by atoms with E-state index >= 15 is 0 Å². The molecule has 5 N–H and O–H groups in total. The molecule has 1 amide bonds. The fourth-order valence-corrected chi connectivity index (χ4v) is 5.36. The van der Waals surface area contributed by atoms with Crippen molar-refractivity contribution >= 4 is 27.5 Å². The summed E-state index contributed by atoms with van der Waals surface area (Å²) in [5.74, 6) is -5.21. The Labute approximate surface area is 191 Å². The summed E-state index contributed by atoms with van der Waals surface area (Å²) in [6.07, 6.45) is -2.41. The Hall–Kier alpha value is -2.47. The maximum atomic E-state index is 12.8. The van der Waals surface area contributed by atoms with Crippen molar-refractivity contribution in [3.05, 3.63) is 35.9 Å². The molecule has 1 aromatic rings. The maximum Gasteiger partial charge on any atom is 0.490 e. The first-order valence-corrected chi connectivity index (χ1v) is 12.0. The van der Waals surface area contributed by atoms with Gasteiger partial charge in [0.05, 0.1) is 11.0 Å². The highest BCUT2D eigenvalue weighted by Gasteiger charge is 2.45. The first-order chi connectivity index (χ1) is 15.1. The predicted molar refractivity (Wildman–Crippen MR) is 117 cm³/mol. The van der Waals surface area contributed by atoms with Crippen molar-refractivity contribution < 1.29 is 41.1 Å². The zero-order valence-electron chi connectivity index (χ0n) is 18.6. The molecular weight excluding hydrogens is 465 g/mol. The third-order valence-corrected chi connectivity index (χ3v) is 7.17. The SMILES string of the molecule is CCCC(CCC)S(=O)(=O)C[C@](N)(C(N)=O)C(=O)CCc1ccccc1.O=C(O)C(F)(F)F. The van der Waals surface area contributed by atoms with Crippen LogP contribution in [0.2, 0.25) is 0 Å². The van der Waals surface area contributed by atoms with Crippen LogP contribution in [-0.2, 0) is 30.6 Å². The number of aliphatic carboxylic acids is 1. The van der Waals surface area contributed by atoms with E-state index in [0.717, 1.165) is 5.56 Å². The number of hydrogen-bond donors (Lipinski definition) is 3. The van der Waals surface area contributed by atoms with Gasteiger partial charge in [-0.25, -0.2) is 13.2 Å². The van der Waals surface area contributed by atoms with E-state index in [4.69, 9.17) is 21.4 Å². The summed E-state index contributed by atoms with van der Waals surface area (Å²) in [5, 5.41) is 6.52. The minimum absolute atomic E-state index is 0.0365. The number of carbonyl (C=O) groups excluding carboxylic acids is 2. The minimum atomic E-state index is -5.08. The number of carbonyl (C=O) groups is 3. The van der Waals surface area contributed by atoms with Crippen LogP contribution in [0.15, 0.2) is 30.3 Å². The molecule has 188 valence electrons. The molecule has 0 unspecified atom stereocenters. The molecule has 12 heteroatoms. The molecule has 0 heterocycles. The van der Waals surface area contributed by atoms with Crippen LogP contribution in [0, 0.1) is 0 Å². The molecule has 0 aliphatic carbocycles. The lowest BCUT2D eigenvalue weighted by molar-refractivity contribution is -0.192. The highest BCUT2D eigenvalue weighted by atomic mass is 32.2. The predicted octanol–water partition coefficient (Wildman–Crippen LogP) is 2.39. The number of amides is 1. The molecule has 0 radical (unpaired) electrons. The molecule has 8 nitrogen and oxygen atoms in total. The normalized spacial score (nSPS) is 13.5. The lowest BCUT2D eigenvalue weighted by Crippen LogP contribution is -2.63. The Morgan fingerprint density at radius 1 is 1.03 bits per heavy atom. The quantitative estimate of drug-likeness (QED) is 0.375. The molecule has 33 heavy (non-hydrogen) atoms. The average molecular weight is 497 g/mol. The summed E-state index contributed by atoms with van der Waals surface area (Å²) < 4.78 is 57.3. The number of carboxylic acid groups (broad SMARTS) is 1. The van der Waals surface area contributed by atoms with Crippen LogP contribution in [0.5, 0.6) is 0 Å². The molecule has 1 aromatic carbocycles. The van der Waals surface area contributed by atoms with Gasteiger partial charge in [0.25, 0.3) is 0 Å². The molecule has 0 aromatic heterocycles. The highest BCUT2D eigenvalue weighted by molar-refractivity contribution is 7.92. The molecule has 1 rings (SSSR count). The number of carboxylic acids is 1. The fourth-order valence-electron chi connectivity index (χ4n) is 3.00. The van der Waals surface area contributed by atoms with E-state index in [-0.39, 0.29) is 6.42 Å². The summed E-state index contributed by atoms with van der Waals surface area (Å²) in [6, 6.07) is 9.24. The van der Waals surface area contributed by atoms with Gasteiger partial charge in [-0.1, -0.05) is 57.0 Å². The van der Waals surface area contributed by atoms with Crippen molar-refractivity contribution in [1.82, 2.24) is 0 Å². The second-order valence-electron chi connectivity index (χ2n) is 7.55. The number of Topliss-reactive ketones (excluding diaryl/α,β-unsaturated/α-hetero) is 1. The maximum absolute atomic E-state index is 12.8. The summed E-state index contributed by atoms with van der Waals surface area (Å²) in [6.45, 7) is 3.79. The molecule has 0 aliphatic heterocycles. The van der Waals surface area contributed by atoms with Gasteiger partial charge in [0, 0.05) is 6.42 Å². The standard InChI is InChI=1S/C19H30N2O4S.C2HF3O2/c1-3-8-16(9-4-2)26(24,25)14-19(21,18(20)23)17(22)13-12-15-10-6-5-7-11-15;3-2(4,5)1(6)7/h5-7,10-11,16H,3-4,8-9,12-14,21H2,1-2H3,(H2,20,23);(H,6,7)/t19-;/m1./s1. The summed E-state index contributed by atoms with van der Waals surface area (Å²) in [4.78, 5) is 33.4. The minimum Gasteiger partial charge on any atom is -0.475 e. The Kier molecular flexibility index (Phi) is 12.3. The Balaban J connectivity index is 0.00000126. The van der Waals surface area contributed by atoms with E-state index in [0.29, 0.717) is 32.1 Å². The van der Waals surface area contributed by atoms with Crippen LogP contribution in [0.4, 0.5) is 13.2 Å². The van der Waals surface area contributed by atoms with Crippen molar-refractivity contribution in [3.63, 3.8) is 0 Å². The van der Waals surface area contributed by atoms with Crippen LogP contribution in [0.1, 0.15) is 51.5 Å². The van der Waals surface area contributed by atoms with Gasteiger partial charge in [0.2, 0.25) is 5.91 Å². The van der Waals surface area contributed by atoms with Crippen LogP contribution in [0.25, 0.3) is 0 Å². The smallest absolute Gasteiger partial charge is 0.475 e. The Bertz CT molecular complexity index is 885. The first-order valence-electron chi connectivity index (χ1n) is 10.3. The van der Waals surface area contributed by atoms with E-state index in [9.17, 15) is 31.2 Å². The number of halogens is 3. The van der Waals surface area contributed by atoms with E-state index in [1.54, 1.807) is 0 Å². The molecule has 0 bridgehead atoms. The van der Waals surface area contributed by atoms with Gasteiger partial charge < -0.3 is 16.6 Å². The molecular formula is C21H31F3N2O6S. The largest absolute Gasteiger partial charge is 0.490 e. The number of nitrogens with two attached hydrogens (primary N) is 2. The van der Waals surface area contributed by atoms with Crippen molar-refractivity contribution in [2.45, 2.75) is 69.3 Å². The average Bonchev–Trinajstić information content (AvgIpc) is 2.71. The Morgan fingerprint density at radius 3 is 1.85 bits per heavy atom. The van der Waals surface area contributed by atoms with E-state index < -0.39 is 50.2 Å². The number of aryl methyl sites for hydroxylation is 1. The van der Waals surface area contributed by atoms with Crippen LogP contribution in [-0.4, -0.2) is 53.9 Å². The number of hydrogen-bond acceptors (Lipinski definition) is 6. The monoisotopic (exact) mass is 496 g/mol. The van der Waals surface area contributed by atoms with Gasteiger partial charge in [-0.05, 0) is 24.8 Å². The molecule has 1 atom stereocenters. The number of primary amides is 1. The van der Waals surface area contributed by atoms with Crippen molar-refractivity contribution in [1.29, 1.82) is 0 Å². The van der Waals surface area contributed by atoms with Gasteiger partial charge in [0.15, 0.2) is 21.2 Å². The number of ketones is 1. The Morgan fingerprint density at radius 2 is 1.48 bits per heavy atom. The van der Waals surface area contributed by atoms with Crippen molar-refractivity contribution in [2.24, 2.45) is 11.5 Å².